The highest BCUT2D eigenvalue weighted by atomic mass is 35.5. The zero-order valence-electron chi connectivity index (χ0n) is 18.7. The summed E-state index contributed by atoms with van der Waals surface area (Å²) < 4.78 is 2.19. The van der Waals surface area contributed by atoms with Crippen molar-refractivity contribution in [3.63, 3.8) is 0 Å². The Hall–Kier alpha value is -2.52. The maximum Gasteiger partial charge on any atom is 0.345 e. The minimum atomic E-state index is -1.44. The molecule has 8 nitrogen and oxygen atoms in total. The first kappa shape index (κ1) is 26.7. The lowest BCUT2D eigenvalue weighted by Crippen LogP contribution is -2.28. The summed E-state index contributed by atoms with van der Waals surface area (Å²) in [5.41, 5.74) is 2.49. The molecule has 3 heterocycles. The smallest absolute Gasteiger partial charge is 0.345 e. The van der Waals surface area contributed by atoms with E-state index in [4.69, 9.17) is 0 Å². The van der Waals surface area contributed by atoms with E-state index in [1.165, 1.54) is 5.69 Å². The molecule has 180 valence electrons. The number of carboxylic acid groups (broad SMARTS) is 1. The topological polar surface area (TPSA) is 111 Å². The number of aromatic hydroxyl groups is 1. The first-order valence-electron chi connectivity index (χ1n) is 10.6. The summed E-state index contributed by atoms with van der Waals surface area (Å²) >= 11 is 0. The maximum atomic E-state index is 12.3. The van der Waals surface area contributed by atoms with Gasteiger partial charge in [0.1, 0.15) is 5.75 Å². The minimum Gasteiger partial charge on any atom is -0.506 e. The molecule has 2 aromatic heterocycles. The fraction of sp³-hybridized carbons (Fsp3) is 0.391. The highest BCUT2D eigenvalue weighted by Gasteiger charge is 2.22. The highest BCUT2D eigenvalue weighted by molar-refractivity contribution is 5.92. The van der Waals surface area contributed by atoms with E-state index in [0.29, 0.717) is 17.7 Å². The third kappa shape index (κ3) is 5.19. The van der Waals surface area contributed by atoms with Gasteiger partial charge >= 0.3 is 5.97 Å². The molecule has 0 spiro atoms. The van der Waals surface area contributed by atoms with Gasteiger partial charge in [-0.15, -0.1) is 24.8 Å². The van der Waals surface area contributed by atoms with Gasteiger partial charge in [-0.1, -0.05) is 13.0 Å². The predicted octanol–water partition coefficient (Wildman–Crippen LogP) is 3.14. The molecule has 4 rings (SSSR count). The average Bonchev–Trinajstić information content (AvgIpc) is 2.89. The van der Waals surface area contributed by atoms with Crippen molar-refractivity contribution in [1.29, 1.82) is 0 Å². The molecule has 0 amide bonds. The first-order chi connectivity index (χ1) is 14.9. The van der Waals surface area contributed by atoms with Gasteiger partial charge in [0.2, 0.25) is 0 Å². The number of nitrogens with one attached hydrogen (secondary N) is 2. The number of aromatic amines is 1. The molecule has 0 radical (unpaired) electrons. The second kappa shape index (κ2) is 11.1. The Morgan fingerprint density at radius 1 is 1.15 bits per heavy atom. The Balaban J connectivity index is 0.00000193. The van der Waals surface area contributed by atoms with Gasteiger partial charge in [-0.25, -0.2) is 4.79 Å². The number of aromatic carboxylic acids is 1. The fourth-order valence-corrected chi connectivity index (χ4v) is 4.42. The van der Waals surface area contributed by atoms with Crippen molar-refractivity contribution in [3.05, 3.63) is 51.4 Å². The van der Waals surface area contributed by atoms with E-state index >= 15 is 0 Å². The molecule has 0 saturated carbocycles. The van der Waals surface area contributed by atoms with E-state index < -0.39 is 22.8 Å². The Labute approximate surface area is 204 Å². The van der Waals surface area contributed by atoms with Gasteiger partial charge < -0.3 is 25.1 Å². The summed E-state index contributed by atoms with van der Waals surface area (Å²) in [6.45, 7) is 6.82. The van der Waals surface area contributed by atoms with Crippen molar-refractivity contribution in [2.45, 2.75) is 26.3 Å². The molecule has 33 heavy (non-hydrogen) atoms. The summed E-state index contributed by atoms with van der Waals surface area (Å²) in [7, 11) is 2.06. The number of nitrogens with zero attached hydrogens (tertiary/aromatic N) is 2. The Morgan fingerprint density at radius 3 is 2.61 bits per heavy atom. The molecular formula is C23H30Cl2N4O4. The van der Waals surface area contributed by atoms with Gasteiger partial charge in [0.15, 0.2) is 5.56 Å². The Kier molecular flexibility index (Phi) is 8.97. The Morgan fingerprint density at radius 2 is 1.91 bits per heavy atom. The standard InChI is InChI=1S/C23H28N4O4.2ClH/c1-3-17-20(25-22(29)19(21(17)28)23(30)31)14-5-6-18-15(11-14)12-16(26(18)2)13-27-9-4-7-24-8-10-27;;/h5-6,11-12,24H,3-4,7-10,13H2,1-2H3,(H,30,31)(H2,25,28,29);2*1H. The largest absolute Gasteiger partial charge is 0.506 e. The second-order valence-electron chi connectivity index (χ2n) is 8.04. The number of carbonyl (C=O) groups is 1. The van der Waals surface area contributed by atoms with Crippen LogP contribution in [-0.4, -0.2) is 56.8 Å². The van der Waals surface area contributed by atoms with Gasteiger partial charge in [0, 0.05) is 48.8 Å². The van der Waals surface area contributed by atoms with Gasteiger partial charge in [-0.05, 0) is 49.7 Å². The van der Waals surface area contributed by atoms with Crippen molar-refractivity contribution in [3.8, 4) is 17.0 Å². The van der Waals surface area contributed by atoms with E-state index in [2.05, 4.69) is 32.9 Å². The number of hydrogen-bond acceptors (Lipinski definition) is 5. The quantitative estimate of drug-likeness (QED) is 0.431. The number of aromatic nitrogens is 2. The summed E-state index contributed by atoms with van der Waals surface area (Å²) in [5.74, 6) is -1.90. The van der Waals surface area contributed by atoms with Gasteiger partial charge in [0.25, 0.3) is 5.56 Å². The monoisotopic (exact) mass is 496 g/mol. The third-order valence-electron chi connectivity index (χ3n) is 6.11. The van der Waals surface area contributed by atoms with Crippen LogP contribution in [0.4, 0.5) is 0 Å². The van der Waals surface area contributed by atoms with Crippen molar-refractivity contribution in [2.75, 3.05) is 26.2 Å². The lowest BCUT2D eigenvalue weighted by atomic mass is 9.99. The van der Waals surface area contributed by atoms with Crippen LogP contribution in [0, 0.1) is 0 Å². The number of fused-ring (bicyclic) bond motifs is 1. The van der Waals surface area contributed by atoms with Crippen molar-refractivity contribution in [2.24, 2.45) is 7.05 Å². The molecule has 10 heteroatoms. The molecule has 0 aliphatic carbocycles. The molecule has 4 N–H and O–H groups in total. The van der Waals surface area contributed by atoms with E-state index in [0.717, 1.165) is 55.6 Å². The van der Waals surface area contributed by atoms with Crippen molar-refractivity contribution >= 4 is 41.7 Å². The number of H-pyrrole nitrogens is 1. The zero-order valence-corrected chi connectivity index (χ0v) is 20.3. The van der Waals surface area contributed by atoms with Crippen LogP contribution >= 0.6 is 24.8 Å². The van der Waals surface area contributed by atoms with E-state index in [9.17, 15) is 19.8 Å². The number of benzene rings is 1. The number of pyridine rings is 1. The summed E-state index contributed by atoms with van der Waals surface area (Å²) in [6.07, 6.45) is 1.52. The summed E-state index contributed by atoms with van der Waals surface area (Å²) in [5, 5.41) is 24.2. The van der Waals surface area contributed by atoms with Crippen LogP contribution < -0.4 is 10.9 Å². The molecule has 1 saturated heterocycles. The van der Waals surface area contributed by atoms with Crippen LogP contribution in [0.25, 0.3) is 22.2 Å². The summed E-state index contributed by atoms with van der Waals surface area (Å²) in [4.78, 5) is 28.8. The molecule has 1 aliphatic heterocycles. The second-order valence-corrected chi connectivity index (χ2v) is 8.04. The third-order valence-corrected chi connectivity index (χ3v) is 6.11. The average molecular weight is 497 g/mol. The molecule has 1 aromatic carbocycles. The van der Waals surface area contributed by atoms with Crippen LogP contribution in [0.3, 0.4) is 0 Å². The molecule has 3 aromatic rings. The first-order valence-corrected chi connectivity index (χ1v) is 10.6. The lowest BCUT2D eigenvalue weighted by molar-refractivity contribution is 0.0691. The van der Waals surface area contributed by atoms with E-state index in [1.807, 2.05) is 25.1 Å². The number of hydrogen-bond donors (Lipinski definition) is 4. The zero-order chi connectivity index (χ0) is 22.1. The normalized spacial score (nSPS) is 14.4. The van der Waals surface area contributed by atoms with Gasteiger partial charge in [-0.3, -0.25) is 9.69 Å². The molecule has 0 unspecified atom stereocenters. The van der Waals surface area contributed by atoms with Crippen LogP contribution in [0.1, 0.15) is 35.0 Å². The number of carboxylic acids is 1. The molecule has 1 fully saturated rings. The number of halogens is 2. The molecule has 1 aliphatic rings. The molecule has 0 bridgehead atoms. The van der Waals surface area contributed by atoms with Gasteiger partial charge in [-0.2, -0.15) is 0 Å². The fourth-order valence-electron chi connectivity index (χ4n) is 4.42. The molecular weight excluding hydrogens is 467 g/mol. The SMILES string of the molecule is CCc1c(-c2ccc3c(c2)cc(CN2CCCNCC2)n3C)[nH]c(=O)c(C(=O)O)c1O.Cl.Cl. The number of aryl methyl sites for hydroxylation is 1. The minimum absolute atomic E-state index is 0. The predicted molar refractivity (Wildman–Crippen MR) is 134 cm³/mol. The van der Waals surface area contributed by atoms with Crippen LogP contribution in [0.5, 0.6) is 5.75 Å². The van der Waals surface area contributed by atoms with Gasteiger partial charge in [0.05, 0.1) is 5.69 Å². The van der Waals surface area contributed by atoms with Crippen LogP contribution in [0.2, 0.25) is 0 Å². The van der Waals surface area contributed by atoms with Crippen molar-refractivity contribution in [1.82, 2.24) is 19.8 Å². The van der Waals surface area contributed by atoms with Crippen LogP contribution in [-0.2, 0) is 20.0 Å². The summed E-state index contributed by atoms with van der Waals surface area (Å²) in [6, 6.07) is 8.03. The van der Waals surface area contributed by atoms with E-state index in [-0.39, 0.29) is 24.8 Å². The van der Waals surface area contributed by atoms with E-state index in [1.54, 1.807) is 0 Å². The molecule has 0 atom stereocenters. The van der Waals surface area contributed by atoms with Crippen molar-refractivity contribution < 1.29 is 15.0 Å². The highest BCUT2D eigenvalue weighted by Crippen LogP contribution is 2.32. The van der Waals surface area contributed by atoms with Crippen LogP contribution in [0.15, 0.2) is 29.1 Å². The lowest BCUT2D eigenvalue weighted by Gasteiger charge is -2.19. The maximum absolute atomic E-state index is 12.3. The number of rotatable bonds is 5. The Bertz CT molecular complexity index is 1200.